The second kappa shape index (κ2) is 12.5. The first-order chi connectivity index (χ1) is 11.6. The molecule has 0 radical (unpaired) electrons. The van der Waals surface area contributed by atoms with Crippen molar-refractivity contribution < 1.29 is 14.3 Å². The number of ether oxygens (including phenoxy) is 2. The van der Waals surface area contributed by atoms with Crippen LogP contribution in [0, 0.1) is 0 Å². The molecule has 1 aromatic carbocycles. The molecule has 0 saturated heterocycles. The van der Waals surface area contributed by atoms with Gasteiger partial charge in [0.15, 0.2) is 0 Å². The molecule has 0 aliphatic carbocycles. The Labute approximate surface area is 146 Å². The second-order valence-corrected chi connectivity index (χ2v) is 6.16. The van der Waals surface area contributed by atoms with Gasteiger partial charge in [0.2, 0.25) is 0 Å². The summed E-state index contributed by atoms with van der Waals surface area (Å²) in [5.41, 5.74) is 6.86. The summed E-state index contributed by atoms with van der Waals surface area (Å²) in [6.07, 6.45) is 9.29. The van der Waals surface area contributed by atoms with Gasteiger partial charge < -0.3 is 15.2 Å². The van der Waals surface area contributed by atoms with Crippen LogP contribution in [0.25, 0.3) is 0 Å². The predicted molar refractivity (Wildman–Crippen MR) is 99.1 cm³/mol. The van der Waals surface area contributed by atoms with Crippen molar-refractivity contribution in [3.8, 4) is 5.75 Å². The molecule has 0 unspecified atom stereocenters. The van der Waals surface area contributed by atoms with Gasteiger partial charge in [-0.1, -0.05) is 45.1 Å². The van der Waals surface area contributed by atoms with Crippen molar-refractivity contribution in [2.45, 2.75) is 58.3 Å². The highest BCUT2D eigenvalue weighted by molar-refractivity contribution is 5.86. The maximum absolute atomic E-state index is 11.2. The largest absolute Gasteiger partial charge is 0.494 e. The Morgan fingerprint density at radius 1 is 0.917 bits per heavy atom. The highest BCUT2D eigenvalue weighted by atomic mass is 16.5. The van der Waals surface area contributed by atoms with Gasteiger partial charge in [-0.25, -0.2) is 4.79 Å². The Morgan fingerprint density at radius 3 is 1.96 bits per heavy atom. The number of nitrogens with two attached hydrogens (primary N) is 1. The topological polar surface area (TPSA) is 61.5 Å². The zero-order valence-electron chi connectivity index (χ0n) is 14.9. The average Bonchev–Trinajstić information content (AvgIpc) is 2.57. The number of unbranched alkanes of at least 4 members (excludes halogenated alkanes) is 7. The van der Waals surface area contributed by atoms with Gasteiger partial charge in [0, 0.05) is 11.3 Å². The van der Waals surface area contributed by atoms with Crippen LogP contribution < -0.4 is 10.5 Å². The Morgan fingerprint density at radius 2 is 1.42 bits per heavy atom. The molecule has 1 aromatic rings. The minimum atomic E-state index is -0.281. The quantitative estimate of drug-likeness (QED) is 0.242. The van der Waals surface area contributed by atoms with Crippen LogP contribution in [0.1, 0.15) is 58.3 Å². The Balaban J connectivity index is 1.83. The van der Waals surface area contributed by atoms with E-state index in [1.165, 1.54) is 32.1 Å². The first-order valence-corrected chi connectivity index (χ1v) is 8.90. The van der Waals surface area contributed by atoms with E-state index >= 15 is 0 Å². The van der Waals surface area contributed by atoms with Gasteiger partial charge in [-0.05, 0) is 44.0 Å². The number of anilines is 1. The highest BCUT2D eigenvalue weighted by Crippen LogP contribution is 2.14. The molecule has 0 aromatic heterocycles. The van der Waals surface area contributed by atoms with Crippen LogP contribution >= 0.6 is 0 Å². The minimum Gasteiger partial charge on any atom is -0.494 e. The molecule has 0 fully saturated rings. The summed E-state index contributed by atoms with van der Waals surface area (Å²) in [6.45, 7) is 6.50. The molecule has 0 saturated carbocycles. The van der Waals surface area contributed by atoms with E-state index in [0.29, 0.717) is 12.2 Å². The van der Waals surface area contributed by atoms with E-state index < -0.39 is 0 Å². The summed E-state index contributed by atoms with van der Waals surface area (Å²) in [5.74, 6) is 0.604. The lowest BCUT2D eigenvalue weighted by Crippen LogP contribution is -2.05. The van der Waals surface area contributed by atoms with Crippen LogP contribution in [0.2, 0.25) is 0 Å². The van der Waals surface area contributed by atoms with Gasteiger partial charge in [-0.2, -0.15) is 0 Å². The number of carbonyl (C=O) groups excluding carboxylic acids is 1. The molecule has 0 heterocycles. The minimum absolute atomic E-state index is 0.281. The molecule has 24 heavy (non-hydrogen) atoms. The number of hydrogen-bond donors (Lipinski definition) is 1. The number of carbonyl (C=O) groups is 1. The van der Waals surface area contributed by atoms with Crippen molar-refractivity contribution >= 4 is 11.7 Å². The van der Waals surface area contributed by atoms with Gasteiger partial charge in [-0.3, -0.25) is 0 Å². The van der Waals surface area contributed by atoms with Crippen LogP contribution in [-0.2, 0) is 9.53 Å². The summed E-state index contributed by atoms with van der Waals surface area (Å²) in [5, 5.41) is 0. The third kappa shape index (κ3) is 9.93. The fourth-order valence-corrected chi connectivity index (χ4v) is 2.31. The van der Waals surface area contributed by atoms with Crippen molar-refractivity contribution in [3.05, 3.63) is 36.4 Å². The van der Waals surface area contributed by atoms with E-state index in [-0.39, 0.29) is 5.97 Å². The molecule has 1 rings (SSSR count). The molecule has 2 N–H and O–H groups in total. The zero-order chi connectivity index (χ0) is 17.6. The molecule has 0 amide bonds. The molecule has 0 spiro atoms. The van der Waals surface area contributed by atoms with Crippen LogP contribution in [0.5, 0.6) is 5.75 Å². The maximum atomic E-state index is 11.2. The Hall–Kier alpha value is -1.97. The van der Waals surface area contributed by atoms with Crippen LogP contribution in [0.3, 0.4) is 0 Å². The average molecular weight is 333 g/mol. The van der Waals surface area contributed by atoms with Crippen molar-refractivity contribution in [1.82, 2.24) is 0 Å². The van der Waals surface area contributed by atoms with Gasteiger partial charge in [0.1, 0.15) is 5.75 Å². The molecule has 0 atom stereocenters. The Kier molecular flexibility index (Phi) is 10.4. The highest BCUT2D eigenvalue weighted by Gasteiger charge is 2.01. The van der Waals surface area contributed by atoms with Gasteiger partial charge in [0.05, 0.1) is 13.2 Å². The summed E-state index contributed by atoms with van der Waals surface area (Å²) in [6, 6.07) is 7.52. The monoisotopic (exact) mass is 333 g/mol. The van der Waals surface area contributed by atoms with E-state index in [4.69, 9.17) is 15.2 Å². The second-order valence-electron chi connectivity index (χ2n) is 6.16. The fraction of sp³-hybridized carbons (Fsp3) is 0.550. The molecule has 0 aliphatic rings. The smallest absolute Gasteiger partial charge is 0.333 e. The van der Waals surface area contributed by atoms with E-state index in [1.54, 1.807) is 6.92 Å². The summed E-state index contributed by atoms with van der Waals surface area (Å²) in [7, 11) is 0. The van der Waals surface area contributed by atoms with E-state index in [1.807, 2.05) is 24.3 Å². The number of esters is 1. The van der Waals surface area contributed by atoms with Crippen LogP contribution in [-0.4, -0.2) is 19.2 Å². The van der Waals surface area contributed by atoms with Gasteiger partial charge in [0.25, 0.3) is 0 Å². The van der Waals surface area contributed by atoms with E-state index in [2.05, 4.69) is 6.58 Å². The fourth-order valence-electron chi connectivity index (χ4n) is 2.31. The Bertz CT molecular complexity index is 482. The summed E-state index contributed by atoms with van der Waals surface area (Å²) in [4.78, 5) is 11.2. The van der Waals surface area contributed by atoms with E-state index in [0.717, 1.165) is 37.3 Å². The number of benzene rings is 1. The third-order valence-corrected chi connectivity index (χ3v) is 3.77. The van der Waals surface area contributed by atoms with Crippen molar-refractivity contribution in [1.29, 1.82) is 0 Å². The normalized spacial score (nSPS) is 10.4. The standard InChI is InChI=1S/C20H31NO3/c1-17(2)20(22)24-16-10-8-6-4-3-5-7-9-15-23-19-13-11-18(21)12-14-19/h11-14H,1,3-10,15-16,21H2,2H3. The van der Waals surface area contributed by atoms with Crippen molar-refractivity contribution in [2.75, 3.05) is 18.9 Å². The SMILES string of the molecule is C=C(C)C(=O)OCCCCCCCCCCOc1ccc(N)cc1. The molecular weight excluding hydrogens is 302 g/mol. The van der Waals surface area contributed by atoms with Crippen LogP contribution in [0.15, 0.2) is 36.4 Å². The van der Waals surface area contributed by atoms with E-state index in [9.17, 15) is 4.79 Å². The zero-order valence-corrected chi connectivity index (χ0v) is 14.9. The molecule has 0 bridgehead atoms. The number of nitrogen functional groups attached to an aromatic ring is 1. The summed E-state index contributed by atoms with van der Waals surface area (Å²) >= 11 is 0. The molecular formula is C20H31NO3. The number of rotatable bonds is 13. The molecule has 4 nitrogen and oxygen atoms in total. The van der Waals surface area contributed by atoms with Gasteiger partial charge in [-0.15, -0.1) is 0 Å². The molecule has 0 aliphatic heterocycles. The number of hydrogen-bond acceptors (Lipinski definition) is 4. The first-order valence-electron chi connectivity index (χ1n) is 8.90. The third-order valence-electron chi connectivity index (χ3n) is 3.77. The predicted octanol–water partition coefficient (Wildman–Crippen LogP) is 4.89. The lowest BCUT2D eigenvalue weighted by molar-refractivity contribution is -0.139. The van der Waals surface area contributed by atoms with Crippen molar-refractivity contribution in [3.63, 3.8) is 0 Å². The molecule has 134 valence electrons. The maximum Gasteiger partial charge on any atom is 0.333 e. The van der Waals surface area contributed by atoms with Crippen molar-refractivity contribution in [2.24, 2.45) is 0 Å². The van der Waals surface area contributed by atoms with Crippen LogP contribution in [0.4, 0.5) is 5.69 Å². The lowest BCUT2D eigenvalue weighted by Gasteiger charge is -2.06. The lowest BCUT2D eigenvalue weighted by atomic mass is 10.1. The molecule has 4 heteroatoms. The first kappa shape index (κ1) is 20.1. The summed E-state index contributed by atoms with van der Waals surface area (Å²) < 4.78 is 10.7. The van der Waals surface area contributed by atoms with Gasteiger partial charge >= 0.3 is 5.97 Å².